The second-order valence-corrected chi connectivity index (χ2v) is 5.60. The Hall–Kier alpha value is -2.22. The Morgan fingerprint density at radius 3 is 2.68 bits per heavy atom. The first kappa shape index (κ1) is 16.2. The van der Waals surface area contributed by atoms with Crippen LogP contribution in [0.4, 0.5) is 5.69 Å². The fraction of sp³-hybridized carbons (Fsp3) is 0.286. The number of nitrogens with one attached hydrogen (secondary N) is 1. The normalized spacial score (nSPS) is 10.4. The summed E-state index contributed by atoms with van der Waals surface area (Å²) in [4.78, 5) is 27.6. The molecule has 0 radical (unpaired) electrons. The van der Waals surface area contributed by atoms with E-state index in [2.05, 4.69) is 31.3 Å². The van der Waals surface area contributed by atoms with Crippen LogP contribution >= 0.6 is 15.9 Å². The molecule has 1 N–H and O–H groups in total. The van der Waals surface area contributed by atoms with Crippen LogP contribution < -0.4 is 5.32 Å². The van der Waals surface area contributed by atoms with Crippen LogP contribution in [0.15, 0.2) is 22.9 Å². The van der Waals surface area contributed by atoms with E-state index in [1.54, 1.807) is 30.9 Å². The summed E-state index contributed by atoms with van der Waals surface area (Å²) in [5.41, 5.74) is 2.44. The van der Waals surface area contributed by atoms with Crippen molar-refractivity contribution in [2.24, 2.45) is 7.05 Å². The first-order valence-electron chi connectivity index (χ1n) is 6.46. The summed E-state index contributed by atoms with van der Waals surface area (Å²) >= 11 is 3.21. The van der Waals surface area contributed by atoms with Gasteiger partial charge in [0.05, 0.1) is 22.6 Å². The van der Waals surface area contributed by atoms with E-state index in [9.17, 15) is 9.59 Å². The van der Waals surface area contributed by atoms with Crippen LogP contribution in [0, 0.1) is 13.8 Å². The second-order valence-electron chi connectivity index (χ2n) is 4.69. The standard InChI is InChI=1S/C14H15BrN4O3/c1-8-13(9(2)19(3)18-8)17-12(20)7-22-14(21)10-4-11(15)6-16-5-10/h4-6H,7H2,1-3H3,(H,17,20). The molecular weight excluding hydrogens is 352 g/mol. The van der Waals surface area contributed by atoms with Crippen LogP contribution in [0.25, 0.3) is 0 Å². The zero-order valence-electron chi connectivity index (χ0n) is 12.4. The number of nitrogens with zero attached hydrogens (tertiary/aromatic N) is 3. The third kappa shape index (κ3) is 3.70. The molecule has 0 aromatic carbocycles. The molecule has 2 aromatic heterocycles. The molecule has 0 fully saturated rings. The SMILES string of the molecule is Cc1nn(C)c(C)c1NC(=O)COC(=O)c1cncc(Br)c1. The maximum atomic E-state index is 11.9. The summed E-state index contributed by atoms with van der Waals surface area (Å²) in [5.74, 6) is -1.03. The Bertz CT molecular complexity index is 727. The molecule has 0 atom stereocenters. The van der Waals surface area contributed by atoms with E-state index in [0.717, 1.165) is 5.69 Å². The van der Waals surface area contributed by atoms with Gasteiger partial charge in [0.1, 0.15) is 0 Å². The van der Waals surface area contributed by atoms with Gasteiger partial charge in [0.15, 0.2) is 6.61 Å². The maximum Gasteiger partial charge on any atom is 0.340 e. The molecule has 116 valence electrons. The van der Waals surface area contributed by atoms with Gasteiger partial charge in [0.25, 0.3) is 5.91 Å². The topological polar surface area (TPSA) is 86.1 Å². The van der Waals surface area contributed by atoms with Gasteiger partial charge in [-0.2, -0.15) is 5.10 Å². The van der Waals surface area contributed by atoms with E-state index in [1.807, 2.05) is 6.92 Å². The van der Waals surface area contributed by atoms with Crippen molar-refractivity contribution in [3.8, 4) is 0 Å². The van der Waals surface area contributed by atoms with Crippen molar-refractivity contribution in [3.05, 3.63) is 39.9 Å². The first-order valence-corrected chi connectivity index (χ1v) is 7.25. The van der Waals surface area contributed by atoms with E-state index in [1.165, 1.54) is 6.20 Å². The number of pyridine rings is 1. The first-order chi connectivity index (χ1) is 10.4. The Morgan fingerprint density at radius 1 is 1.36 bits per heavy atom. The van der Waals surface area contributed by atoms with Gasteiger partial charge in [-0.1, -0.05) is 0 Å². The van der Waals surface area contributed by atoms with Gasteiger partial charge < -0.3 is 10.1 Å². The number of rotatable bonds is 4. The molecule has 0 saturated heterocycles. The maximum absolute atomic E-state index is 11.9. The van der Waals surface area contributed by atoms with Crippen molar-refractivity contribution in [2.75, 3.05) is 11.9 Å². The third-order valence-electron chi connectivity index (χ3n) is 3.05. The molecule has 7 nitrogen and oxygen atoms in total. The molecule has 1 amide bonds. The van der Waals surface area contributed by atoms with Gasteiger partial charge >= 0.3 is 5.97 Å². The van der Waals surface area contributed by atoms with E-state index >= 15 is 0 Å². The van der Waals surface area contributed by atoms with E-state index in [0.29, 0.717) is 15.9 Å². The number of aromatic nitrogens is 3. The van der Waals surface area contributed by atoms with Crippen LogP contribution in [0.1, 0.15) is 21.7 Å². The molecule has 0 unspecified atom stereocenters. The molecular formula is C14H15BrN4O3. The smallest absolute Gasteiger partial charge is 0.340 e. The highest BCUT2D eigenvalue weighted by Crippen LogP contribution is 2.18. The number of hydrogen-bond donors (Lipinski definition) is 1. The Balaban J connectivity index is 1.94. The molecule has 2 rings (SSSR count). The number of hydrogen-bond acceptors (Lipinski definition) is 5. The third-order valence-corrected chi connectivity index (χ3v) is 3.48. The molecule has 0 bridgehead atoms. The minimum absolute atomic E-state index is 0.274. The molecule has 2 aromatic rings. The number of esters is 1. The average molecular weight is 367 g/mol. The lowest BCUT2D eigenvalue weighted by Crippen LogP contribution is -2.21. The lowest BCUT2D eigenvalue weighted by atomic mass is 10.3. The summed E-state index contributed by atoms with van der Waals surface area (Å²) < 4.78 is 7.30. The van der Waals surface area contributed by atoms with Crippen LogP contribution in [-0.4, -0.2) is 33.2 Å². The highest BCUT2D eigenvalue weighted by molar-refractivity contribution is 9.10. The largest absolute Gasteiger partial charge is 0.452 e. The van der Waals surface area contributed by atoms with Crippen molar-refractivity contribution < 1.29 is 14.3 Å². The van der Waals surface area contributed by atoms with E-state index in [-0.39, 0.29) is 12.2 Å². The number of amides is 1. The van der Waals surface area contributed by atoms with E-state index in [4.69, 9.17) is 4.74 Å². The fourth-order valence-corrected chi connectivity index (χ4v) is 2.23. The molecule has 22 heavy (non-hydrogen) atoms. The van der Waals surface area contributed by atoms with Crippen molar-refractivity contribution in [1.82, 2.24) is 14.8 Å². The highest BCUT2D eigenvalue weighted by Gasteiger charge is 2.15. The molecule has 0 aliphatic rings. The predicted octanol–water partition coefficient (Wildman–Crippen LogP) is 1.99. The fourth-order valence-electron chi connectivity index (χ4n) is 1.87. The lowest BCUT2D eigenvalue weighted by molar-refractivity contribution is -0.119. The summed E-state index contributed by atoms with van der Waals surface area (Å²) in [6.45, 7) is 3.26. The van der Waals surface area contributed by atoms with Crippen molar-refractivity contribution in [1.29, 1.82) is 0 Å². The van der Waals surface area contributed by atoms with Gasteiger partial charge in [0.2, 0.25) is 0 Å². The Labute approximate surface area is 135 Å². The molecule has 2 heterocycles. The minimum atomic E-state index is -0.608. The van der Waals surface area contributed by atoms with Gasteiger partial charge in [-0.3, -0.25) is 14.5 Å². The monoisotopic (exact) mass is 366 g/mol. The van der Waals surface area contributed by atoms with Crippen molar-refractivity contribution in [3.63, 3.8) is 0 Å². The summed E-state index contributed by atoms with van der Waals surface area (Å²) in [7, 11) is 1.79. The zero-order chi connectivity index (χ0) is 16.3. The van der Waals surface area contributed by atoms with Gasteiger partial charge in [0, 0.05) is 23.9 Å². The number of carbonyl (C=O) groups excluding carboxylic acids is 2. The number of aryl methyl sites for hydroxylation is 2. The molecule has 0 aliphatic heterocycles. The number of carbonyl (C=O) groups is 2. The second kappa shape index (κ2) is 6.69. The summed E-state index contributed by atoms with van der Waals surface area (Å²) in [5, 5.41) is 6.89. The van der Waals surface area contributed by atoms with Crippen LogP contribution in [0.5, 0.6) is 0 Å². The quantitative estimate of drug-likeness (QED) is 0.836. The summed E-state index contributed by atoms with van der Waals surface area (Å²) in [6, 6.07) is 1.57. The van der Waals surface area contributed by atoms with Crippen molar-refractivity contribution in [2.45, 2.75) is 13.8 Å². The molecule has 0 spiro atoms. The van der Waals surface area contributed by atoms with Crippen LogP contribution in [0.3, 0.4) is 0 Å². The molecule has 0 saturated carbocycles. The zero-order valence-corrected chi connectivity index (χ0v) is 14.0. The predicted molar refractivity (Wildman–Crippen MR) is 83.5 cm³/mol. The lowest BCUT2D eigenvalue weighted by Gasteiger charge is -2.07. The number of anilines is 1. The molecule has 0 aliphatic carbocycles. The van der Waals surface area contributed by atoms with E-state index < -0.39 is 11.9 Å². The van der Waals surface area contributed by atoms with Crippen LogP contribution in [-0.2, 0) is 16.6 Å². The Morgan fingerprint density at radius 2 is 2.09 bits per heavy atom. The van der Waals surface area contributed by atoms with Gasteiger partial charge in [-0.05, 0) is 35.8 Å². The average Bonchev–Trinajstić information content (AvgIpc) is 2.71. The molecule has 8 heteroatoms. The highest BCUT2D eigenvalue weighted by atomic mass is 79.9. The number of ether oxygens (including phenoxy) is 1. The van der Waals surface area contributed by atoms with Gasteiger partial charge in [-0.25, -0.2) is 4.79 Å². The number of halogens is 1. The van der Waals surface area contributed by atoms with Crippen molar-refractivity contribution >= 4 is 33.5 Å². The summed E-state index contributed by atoms with van der Waals surface area (Å²) in [6.07, 6.45) is 2.93. The van der Waals surface area contributed by atoms with Crippen LogP contribution in [0.2, 0.25) is 0 Å². The van der Waals surface area contributed by atoms with Gasteiger partial charge in [-0.15, -0.1) is 0 Å². The Kier molecular flexibility index (Phi) is 4.92. The minimum Gasteiger partial charge on any atom is -0.452 e.